The molecule has 1 fully saturated rings. The van der Waals surface area contributed by atoms with Gasteiger partial charge < -0.3 is 10.0 Å². The average molecular weight is 238 g/mol. The number of rotatable bonds is 5. The molecule has 0 saturated heterocycles. The zero-order chi connectivity index (χ0) is 12.8. The van der Waals surface area contributed by atoms with E-state index >= 15 is 0 Å². The first kappa shape index (κ1) is 13.0. The van der Waals surface area contributed by atoms with Gasteiger partial charge in [-0.05, 0) is 12.8 Å². The van der Waals surface area contributed by atoms with Crippen LogP contribution in [0.15, 0.2) is 24.8 Å². The zero-order valence-electron chi connectivity index (χ0n) is 9.26. The summed E-state index contributed by atoms with van der Waals surface area (Å²) in [6, 6.07) is -0.364. The largest absolute Gasteiger partial charge is 0.478 e. The highest BCUT2D eigenvalue weighted by atomic mass is 16.4. The maximum Gasteiger partial charge on any atom is 0.328 e. The van der Waals surface area contributed by atoms with E-state index in [-0.39, 0.29) is 6.04 Å². The molecule has 0 heterocycles. The lowest BCUT2D eigenvalue weighted by molar-refractivity contribution is -0.131. The minimum Gasteiger partial charge on any atom is -0.478 e. The summed E-state index contributed by atoms with van der Waals surface area (Å²) in [5, 5.41) is 10.4. The van der Waals surface area contributed by atoms with E-state index in [1.165, 1.54) is 4.90 Å². The number of aliphatic carboxylic acids is 1. The molecule has 0 aromatic rings. The Morgan fingerprint density at radius 1 is 1.35 bits per heavy atom. The Balaban J connectivity index is 2.48. The number of amides is 3. The monoisotopic (exact) mass is 238 g/mol. The number of carboxylic acid groups (broad SMARTS) is 1. The van der Waals surface area contributed by atoms with Crippen molar-refractivity contribution in [1.82, 2.24) is 10.2 Å². The molecule has 0 aromatic carbocycles. The standard InChI is InChI=1S/C11H14N2O4/c1-2-7-13(8-3-4-8)11(17)12-9(14)5-6-10(15)16/h2,5-6,8H,1,3-4,7H2,(H,15,16)(H,12,14,17)/b6-5+. The zero-order valence-corrected chi connectivity index (χ0v) is 9.26. The lowest BCUT2D eigenvalue weighted by Gasteiger charge is -2.19. The van der Waals surface area contributed by atoms with Gasteiger partial charge in [0.2, 0.25) is 0 Å². The quantitative estimate of drug-likeness (QED) is 0.539. The van der Waals surface area contributed by atoms with E-state index in [1.54, 1.807) is 6.08 Å². The molecule has 0 aliphatic heterocycles. The first-order valence-corrected chi connectivity index (χ1v) is 5.18. The van der Waals surface area contributed by atoms with Crippen LogP contribution >= 0.6 is 0 Å². The van der Waals surface area contributed by atoms with E-state index in [1.807, 2.05) is 0 Å². The predicted octanol–water partition coefficient (Wildman–Crippen LogP) is 0.514. The summed E-state index contributed by atoms with van der Waals surface area (Å²) in [6.07, 6.45) is 4.90. The van der Waals surface area contributed by atoms with E-state index in [4.69, 9.17) is 5.11 Å². The molecule has 6 heteroatoms. The van der Waals surface area contributed by atoms with Crippen LogP contribution in [0.5, 0.6) is 0 Å². The molecule has 0 aromatic heterocycles. The molecule has 0 unspecified atom stereocenters. The number of nitrogens with zero attached hydrogens (tertiary/aromatic N) is 1. The normalized spacial score (nSPS) is 14.4. The summed E-state index contributed by atoms with van der Waals surface area (Å²) in [5.41, 5.74) is 0. The van der Waals surface area contributed by atoms with Crippen LogP contribution in [0.2, 0.25) is 0 Å². The molecule has 1 aliphatic carbocycles. The lowest BCUT2D eigenvalue weighted by atomic mass is 10.4. The summed E-state index contributed by atoms with van der Waals surface area (Å²) in [5.74, 6) is -1.98. The number of imide groups is 1. The maximum absolute atomic E-state index is 11.6. The lowest BCUT2D eigenvalue weighted by Crippen LogP contribution is -2.43. The van der Waals surface area contributed by atoms with Crippen LogP contribution in [0, 0.1) is 0 Å². The fourth-order valence-electron chi connectivity index (χ4n) is 1.29. The van der Waals surface area contributed by atoms with Crippen molar-refractivity contribution in [1.29, 1.82) is 0 Å². The van der Waals surface area contributed by atoms with Crippen LogP contribution in [0.1, 0.15) is 12.8 Å². The third kappa shape index (κ3) is 4.50. The van der Waals surface area contributed by atoms with Crippen molar-refractivity contribution in [2.24, 2.45) is 0 Å². The molecule has 1 saturated carbocycles. The van der Waals surface area contributed by atoms with Gasteiger partial charge in [-0.15, -0.1) is 6.58 Å². The number of carboxylic acids is 1. The van der Waals surface area contributed by atoms with E-state index in [9.17, 15) is 14.4 Å². The summed E-state index contributed by atoms with van der Waals surface area (Å²) in [6.45, 7) is 3.90. The van der Waals surface area contributed by atoms with Crippen molar-refractivity contribution < 1.29 is 19.5 Å². The minimum atomic E-state index is -1.24. The third-order valence-corrected chi connectivity index (χ3v) is 2.18. The van der Waals surface area contributed by atoms with Crippen molar-refractivity contribution in [2.75, 3.05) is 6.54 Å². The first-order chi connectivity index (χ1) is 8.04. The SMILES string of the molecule is C=CCN(C(=O)NC(=O)/C=C/C(=O)O)C1CC1. The van der Waals surface area contributed by atoms with Crippen LogP contribution < -0.4 is 5.32 Å². The highest BCUT2D eigenvalue weighted by Gasteiger charge is 2.32. The fraction of sp³-hybridized carbons (Fsp3) is 0.364. The van der Waals surface area contributed by atoms with Gasteiger partial charge >= 0.3 is 12.0 Å². The maximum atomic E-state index is 11.6. The predicted molar refractivity (Wildman–Crippen MR) is 60.2 cm³/mol. The molecule has 2 N–H and O–H groups in total. The third-order valence-electron chi connectivity index (χ3n) is 2.18. The van der Waals surface area contributed by atoms with Crippen LogP contribution in [0.4, 0.5) is 4.79 Å². The van der Waals surface area contributed by atoms with Crippen LogP contribution in [-0.2, 0) is 9.59 Å². The van der Waals surface area contributed by atoms with E-state index < -0.39 is 17.9 Å². The van der Waals surface area contributed by atoms with Crippen molar-refractivity contribution in [3.05, 3.63) is 24.8 Å². The Bertz CT molecular complexity index is 372. The summed E-state index contributed by atoms with van der Waals surface area (Å²) >= 11 is 0. The molecular formula is C11H14N2O4. The Morgan fingerprint density at radius 2 is 2.00 bits per heavy atom. The van der Waals surface area contributed by atoms with Gasteiger partial charge in [0, 0.05) is 24.7 Å². The number of urea groups is 1. The summed E-state index contributed by atoms with van der Waals surface area (Å²) in [4.78, 5) is 34.5. The highest BCUT2D eigenvalue weighted by Crippen LogP contribution is 2.26. The van der Waals surface area contributed by atoms with E-state index in [0.717, 1.165) is 18.9 Å². The van der Waals surface area contributed by atoms with Crippen molar-refractivity contribution >= 4 is 17.9 Å². The fourth-order valence-corrected chi connectivity index (χ4v) is 1.29. The molecule has 92 valence electrons. The Labute approximate surface area is 98.6 Å². The minimum absolute atomic E-state index is 0.157. The second kappa shape index (κ2) is 5.83. The van der Waals surface area contributed by atoms with E-state index in [0.29, 0.717) is 12.6 Å². The van der Waals surface area contributed by atoms with E-state index in [2.05, 4.69) is 11.9 Å². The molecule has 0 bridgehead atoms. The highest BCUT2D eigenvalue weighted by molar-refractivity contribution is 6.02. The number of carbonyl (C=O) groups is 3. The van der Waals surface area contributed by atoms with Gasteiger partial charge in [0.1, 0.15) is 0 Å². The van der Waals surface area contributed by atoms with Crippen LogP contribution in [0.25, 0.3) is 0 Å². The topological polar surface area (TPSA) is 86.7 Å². The average Bonchev–Trinajstić information content (AvgIpc) is 3.06. The van der Waals surface area contributed by atoms with Crippen molar-refractivity contribution in [2.45, 2.75) is 18.9 Å². The van der Waals surface area contributed by atoms with Crippen LogP contribution in [0.3, 0.4) is 0 Å². The van der Waals surface area contributed by atoms with Crippen molar-refractivity contribution in [3.8, 4) is 0 Å². The van der Waals surface area contributed by atoms with Crippen molar-refractivity contribution in [3.63, 3.8) is 0 Å². The van der Waals surface area contributed by atoms with Gasteiger partial charge in [-0.25, -0.2) is 9.59 Å². The number of nitrogens with one attached hydrogen (secondary N) is 1. The molecule has 3 amide bonds. The number of carbonyl (C=O) groups excluding carboxylic acids is 2. The van der Waals surface area contributed by atoms with Gasteiger partial charge in [-0.3, -0.25) is 10.1 Å². The second-order valence-electron chi connectivity index (χ2n) is 3.64. The van der Waals surface area contributed by atoms with Gasteiger partial charge in [-0.1, -0.05) is 6.08 Å². The molecule has 0 radical (unpaired) electrons. The van der Waals surface area contributed by atoms with Gasteiger partial charge in [0.15, 0.2) is 0 Å². The number of hydrogen-bond acceptors (Lipinski definition) is 3. The molecule has 1 rings (SSSR count). The van der Waals surface area contributed by atoms with Gasteiger partial charge in [0.25, 0.3) is 5.91 Å². The Morgan fingerprint density at radius 3 is 2.47 bits per heavy atom. The van der Waals surface area contributed by atoms with Gasteiger partial charge in [-0.2, -0.15) is 0 Å². The smallest absolute Gasteiger partial charge is 0.328 e. The summed E-state index contributed by atoms with van der Waals surface area (Å²) < 4.78 is 0. The molecule has 6 nitrogen and oxygen atoms in total. The first-order valence-electron chi connectivity index (χ1n) is 5.18. The summed E-state index contributed by atoms with van der Waals surface area (Å²) in [7, 11) is 0. The molecule has 0 spiro atoms. The molecule has 1 aliphatic rings. The van der Waals surface area contributed by atoms with Gasteiger partial charge in [0.05, 0.1) is 0 Å². The molecule has 0 atom stereocenters. The second-order valence-corrected chi connectivity index (χ2v) is 3.64. The molecular weight excluding hydrogens is 224 g/mol. The Kier molecular flexibility index (Phi) is 4.45. The number of hydrogen-bond donors (Lipinski definition) is 2. The molecule has 17 heavy (non-hydrogen) atoms. The Hall–Kier alpha value is -2.11. The van der Waals surface area contributed by atoms with Crippen LogP contribution in [-0.4, -0.2) is 40.5 Å².